The Kier molecular flexibility index (Phi) is 4.23. The zero-order valence-electron chi connectivity index (χ0n) is 8.89. The number of nitrogens with one attached hydrogen (secondary N) is 1. The van der Waals surface area contributed by atoms with E-state index in [1.807, 2.05) is 54.6 Å². The fourth-order valence-electron chi connectivity index (χ4n) is 1.27. The Morgan fingerprint density at radius 1 is 1.00 bits per heavy atom. The molecule has 0 saturated carbocycles. The van der Waals surface area contributed by atoms with Crippen molar-refractivity contribution in [2.75, 3.05) is 5.32 Å². The van der Waals surface area contributed by atoms with Crippen molar-refractivity contribution < 1.29 is 4.79 Å². The molecule has 4 heteroatoms. The molecule has 2 aromatic rings. The van der Waals surface area contributed by atoms with Crippen molar-refractivity contribution in [3.05, 3.63) is 59.1 Å². The lowest BCUT2D eigenvalue weighted by molar-refractivity contribution is 0.270. The Morgan fingerprint density at radius 3 is 2.29 bits per heavy atom. The number of carbonyl (C=O) groups excluding carboxylic acids is 1. The molecule has 0 radical (unpaired) electrons. The summed E-state index contributed by atoms with van der Waals surface area (Å²) in [6.45, 7) is 0. The topological polar surface area (TPSA) is 29.1 Å². The van der Waals surface area contributed by atoms with Gasteiger partial charge in [0.2, 0.25) is 0 Å². The molecule has 1 N–H and O–H groups in total. The monoisotopic (exact) mass is 307 g/mol. The first kappa shape index (κ1) is 12.2. The zero-order chi connectivity index (χ0) is 12.1. The third-order valence-electron chi connectivity index (χ3n) is 2.04. The van der Waals surface area contributed by atoms with Crippen molar-refractivity contribution in [2.24, 2.45) is 0 Å². The van der Waals surface area contributed by atoms with Crippen LogP contribution in [0.25, 0.3) is 0 Å². The number of rotatable bonds is 2. The lowest BCUT2D eigenvalue weighted by atomic mass is 10.3. The summed E-state index contributed by atoms with van der Waals surface area (Å²) in [5.41, 5.74) is 0.808. The number of halogens is 1. The molecule has 0 aromatic heterocycles. The number of benzene rings is 2. The number of thioether (sulfide) groups is 1. The minimum absolute atomic E-state index is 0.0847. The van der Waals surface area contributed by atoms with E-state index >= 15 is 0 Å². The summed E-state index contributed by atoms with van der Waals surface area (Å²) in [6, 6.07) is 17.0. The summed E-state index contributed by atoms with van der Waals surface area (Å²) in [5, 5.41) is 2.73. The van der Waals surface area contributed by atoms with Gasteiger partial charge in [-0.3, -0.25) is 4.79 Å². The summed E-state index contributed by atoms with van der Waals surface area (Å²) in [7, 11) is 0. The van der Waals surface area contributed by atoms with Gasteiger partial charge in [0.1, 0.15) is 0 Å². The van der Waals surface area contributed by atoms with E-state index in [9.17, 15) is 4.79 Å². The molecule has 0 saturated heterocycles. The molecule has 0 aliphatic carbocycles. The van der Waals surface area contributed by atoms with Crippen LogP contribution in [-0.2, 0) is 0 Å². The molecule has 2 aromatic carbocycles. The normalized spacial score (nSPS) is 9.94. The number of amides is 1. The van der Waals surface area contributed by atoms with E-state index in [1.54, 1.807) is 0 Å². The maximum atomic E-state index is 11.7. The minimum atomic E-state index is -0.0847. The molecule has 0 unspecified atom stereocenters. The van der Waals surface area contributed by atoms with Crippen molar-refractivity contribution in [3.63, 3.8) is 0 Å². The van der Waals surface area contributed by atoms with Gasteiger partial charge in [-0.25, -0.2) is 0 Å². The van der Waals surface area contributed by atoms with Crippen molar-refractivity contribution >= 4 is 38.6 Å². The van der Waals surface area contributed by atoms with E-state index in [0.717, 1.165) is 15.1 Å². The molecule has 2 nitrogen and oxygen atoms in total. The number of hydrogen-bond acceptors (Lipinski definition) is 2. The van der Waals surface area contributed by atoms with Crippen LogP contribution in [0.1, 0.15) is 0 Å². The van der Waals surface area contributed by atoms with E-state index in [1.165, 1.54) is 11.8 Å². The van der Waals surface area contributed by atoms with Crippen molar-refractivity contribution in [1.29, 1.82) is 0 Å². The highest BCUT2D eigenvalue weighted by atomic mass is 79.9. The number of para-hydroxylation sites is 1. The predicted molar refractivity (Wildman–Crippen MR) is 75.5 cm³/mol. The standard InChI is InChI=1S/C13H10BrNOS/c14-10-6-8-12(9-7-10)17-13(16)15-11-4-2-1-3-5-11/h1-9H,(H,15,16). The molecule has 0 aliphatic rings. The Morgan fingerprint density at radius 2 is 1.65 bits per heavy atom. The molecule has 0 aliphatic heterocycles. The van der Waals surface area contributed by atoms with Crippen molar-refractivity contribution in [2.45, 2.75) is 4.90 Å². The molecular formula is C13H10BrNOS. The van der Waals surface area contributed by atoms with Gasteiger partial charge in [0.15, 0.2) is 0 Å². The van der Waals surface area contributed by atoms with Crippen LogP contribution >= 0.6 is 27.7 Å². The first-order valence-corrected chi connectivity index (χ1v) is 6.64. The van der Waals surface area contributed by atoms with E-state index in [0.29, 0.717) is 0 Å². The van der Waals surface area contributed by atoms with Gasteiger partial charge in [0.25, 0.3) is 5.24 Å². The van der Waals surface area contributed by atoms with Crippen molar-refractivity contribution in [1.82, 2.24) is 0 Å². The van der Waals surface area contributed by atoms with Crippen LogP contribution in [0, 0.1) is 0 Å². The summed E-state index contributed by atoms with van der Waals surface area (Å²) in [4.78, 5) is 12.6. The zero-order valence-corrected chi connectivity index (χ0v) is 11.3. The highest BCUT2D eigenvalue weighted by Gasteiger charge is 2.04. The lowest BCUT2D eigenvalue weighted by Crippen LogP contribution is -2.03. The number of hydrogen-bond donors (Lipinski definition) is 1. The summed E-state index contributed by atoms with van der Waals surface area (Å²) in [5.74, 6) is 0. The highest BCUT2D eigenvalue weighted by molar-refractivity contribution is 9.10. The first-order valence-electron chi connectivity index (χ1n) is 5.03. The smallest absolute Gasteiger partial charge is 0.288 e. The second-order valence-corrected chi connectivity index (χ2v) is 5.30. The van der Waals surface area contributed by atoms with Gasteiger partial charge in [-0.15, -0.1) is 0 Å². The second-order valence-electron chi connectivity index (χ2n) is 3.33. The van der Waals surface area contributed by atoms with Gasteiger partial charge < -0.3 is 5.32 Å². The molecule has 0 bridgehead atoms. The lowest BCUT2D eigenvalue weighted by Gasteiger charge is -2.04. The van der Waals surface area contributed by atoms with Gasteiger partial charge in [0, 0.05) is 15.1 Å². The van der Waals surface area contributed by atoms with Crippen LogP contribution in [0.5, 0.6) is 0 Å². The van der Waals surface area contributed by atoms with Gasteiger partial charge in [-0.1, -0.05) is 34.1 Å². The average molecular weight is 308 g/mol. The molecule has 0 atom stereocenters. The van der Waals surface area contributed by atoms with Gasteiger partial charge in [-0.05, 0) is 48.2 Å². The largest absolute Gasteiger partial charge is 0.317 e. The van der Waals surface area contributed by atoms with Crippen LogP contribution < -0.4 is 5.32 Å². The maximum absolute atomic E-state index is 11.7. The van der Waals surface area contributed by atoms with Crippen molar-refractivity contribution in [3.8, 4) is 0 Å². The van der Waals surface area contributed by atoms with Crippen LogP contribution in [0.15, 0.2) is 64.0 Å². The summed E-state index contributed by atoms with van der Waals surface area (Å²) in [6.07, 6.45) is 0. The van der Waals surface area contributed by atoms with Crippen LogP contribution in [0.4, 0.5) is 10.5 Å². The quantitative estimate of drug-likeness (QED) is 0.809. The van der Waals surface area contributed by atoms with Gasteiger partial charge in [0.05, 0.1) is 0 Å². The molecule has 1 amide bonds. The summed E-state index contributed by atoms with van der Waals surface area (Å²) < 4.78 is 1.00. The molecule has 2 rings (SSSR count). The third kappa shape index (κ3) is 3.91. The Bertz CT molecular complexity index is 499. The Labute approximate surface area is 113 Å². The predicted octanol–water partition coefficient (Wildman–Crippen LogP) is 4.77. The molecule has 0 spiro atoms. The molecule has 0 fully saturated rings. The van der Waals surface area contributed by atoms with Gasteiger partial charge in [-0.2, -0.15) is 0 Å². The van der Waals surface area contributed by atoms with Crippen LogP contribution in [-0.4, -0.2) is 5.24 Å². The van der Waals surface area contributed by atoms with Crippen LogP contribution in [0.3, 0.4) is 0 Å². The summed E-state index contributed by atoms with van der Waals surface area (Å²) >= 11 is 4.53. The van der Waals surface area contributed by atoms with Crippen LogP contribution in [0.2, 0.25) is 0 Å². The molecule has 86 valence electrons. The van der Waals surface area contributed by atoms with E-state index in [-0.39, 0.29) is 5.24 Å². The molecule has 17 heavy (non-hydrogen) atoms. The Hall–Kier alpha value is -1.26. The maximum Gasteiger partial charge on any atom is 0.288 e. The highest BCUT2D eigenvalue weighted by Crippen LogP contribution is 2.22. The van der Waals surface area contributed by atoms with E-state index in [4.69, 9.17) is 0 Å². The fraction of sp³-hybridized carbons (Fsp3) is 0. The third-order valence-corrected chi connectivity index (χ3v) is 3.37. The molecule has 0 heterocycles. The Balaban J connectivity index is 1.96. The minimum Gasteiger partial charge on any atom is -0.317 e. The second kappa shape index (κ2) is 5.89. The van der Waals surface area contributed by atoms with E-state index in [2.05, 4.69) is 21.2 Å². The average Bonchev–Trinajstić information content (AvgIpc) is 2.33. The SMILES string of the molecule is O=C(Nc1ccccc1)Sc1ccc(Br)cc1. The molecular weight excluding hydrogens is 298 g/mol. The first-order chi connectivity index (χ1) is 8.24. The number of carbonyl (C=O) groups is 1. The van der Waals surface area contributed by atoms with Gasteiger partial charge >= 0.3 is 0 Å². The number of anilines is 1. The fourth-order valence-corrected chi connectivity index (χ4v) is 2.19. The van der Waals surface area contributed by atoms with E-state index < -0.39 is 0 Å².